The molecule has 0 fully saturated rings. The van der Waals surface area contributed by atoms with Gasteiger partial charge >= 0.3 is 0 Å². The number of amides is 1. The van der Waals surface area contributed by atoms with Gasteiger partial charge in [-0.2, -0.15) is 0 Å². The summed E-state index contributed by atoms with van der Waals surface area (Å²) >= 11 is 0. The zero-order valence-corrected chi connectivity index (χ0v) is 15.4. The Kier molecular flexibility index (Phi) is 8.26. The van der Waals surface area contributed by atoms with E-state index in [4.69, 9.17) is 4.74 Å². The highest BCUT2D eigenvalue weighted by molar-refractivity contribution is 5.94. The molecule has 0 aliphatic heterocycles. The van der Waals surface area contributed by atoms with E-state index in [1.165, 1.54) is 0 Å². The molecule has 6 heteroatoms. The van der Waals surface area contributed by atoms with E-state index in [9.17, 15) is 4.79 Å². The molecule has 3 N–H and O–H groups in total. The van der Waals surface area contributed by atoms with Gasteiger partial charge < -0.3 is 20.7 Å². The van der Waals surface area contributed by atoms with Gasteiger partial charge in [0, 0.05) is 32.3 Å². The van der Waals surface area contributed by atoms with Crippen molar-refractivity contribution in [3.05, 3.63) is 35.4 Å². The van der Waals surface area contributed by atoms with Gasteiger partial charge in [-0.1, -0.05) is 12.1 Å². The lowest BCUT2D eigenvalue weighted by molar-refractivity contribution is 0.0268. The highest BCUT2D eigenvalue weighted by Crippen LogP contribution is 2.07. The van der Waals surface area contributed by atoms with Crippen LogP contribution in [0.2, 0.25) is 0 Å². The van der Waals surface area contributed by atoms with Crippen LogP contribution in [0.1, 0.15) is 43.6 Å². The van der Waals surface area contributed by atoms with Gasteiger partial charge in [-0.3, -0.25) is 4.79 Å². The van der Waals surface area contributed by atoms with Crippen LogP contribution in [0.5, 0.6) is 0 Å². The fourth-order valence-electron chi connectivity index (χ4n) is 1.90. The van der Waals surface area contributed by atoms with E-state index in [0.717, 1.165) is 18.1 Å². The molecule has 24 heavy (non-hydrogen) atoms. The third-order valence-electron chi connectivity index (χ3n) is 3.55. The minimum atomic E-state index is -0.259. The summed E-state index contributed by atoms with van der Waals surface area (Å²) in [6.45, 7) is 10.6. The molecule has 0 bridgehead atoms. The molecule has 0 aliphatic rings. The lowest BCUT2D eigenvalue weighted by atomic mass is 10.1. The minimum absolute atomic E-state index is 0.0515. The van der Waals surface area contributed by atoms with Crippen molar-refractivity contribution in [2.45, 2.75) is 39.8 Å². The molecule has 0 radical (unpaired) electrons. The van der Waals surface area contributed by atoms with Gasteiger partial charge in [0.25, 0.3) is 5.91 Å². The number of carbonyl (C=O) groups is 1. The molecular weight excluding hydrogens is 304 g/mol. The summed E-state index contributed by atoms with van der Waals surface area (Å²) in [4.78, 5) is 16.3. The Bertz CT molecular complexity index is 538. The molecule has 1 aromatic carbocycles. The number of guanidine groups is 1. The summed E-state index contributed by atoms with van der Waals surface area (Å²) in [5.74, 6) is 0.694. The number of hydrogen-bond acceptors (Lipinski definition) is 3. The number of ether oxygens (including phenoxy) is 1. The minimum Gasteiger partial charge on any atom is -0.377 e. The van der Waals surface area contributed by atoms with Crippen molar-refractivity contribution < 1.29 is 9.53 Å². The lowest BCUT2D eigenvalue weighted by Crippen LogP contribution is -2.45. The second kappa shape index (κ2) is 9.93. The monoisotopic (exact) mass is 334 g/mol. The third-order valence-corrected chi connectivity index (χ3v) is 3.55. The standard InChI is InChI=1S/C18H30N4O2/c1-6-19-16(23)15-10-8-14(9-11-15)12-21-17(20-7-2)22-13-18(3,4)24-5/h8-11H,6-7,12-13H2,1-5H3,(H,19,23)(H2,20,21,22). The van der Waals surface area contributed by atoms with Crippen LogP contribution in [0.15, 0.2) is 29.3 Å². The van der Waals surface area contributed by atoms with Crippen LogP contribution in [-0.4, -0.2) is 44.2 Å². The van der Waals surface area contributed by atoms with Crippen molar-refractivity contribution in [3.8, 4) is 0 Å². The summed E-state index contributed by atoms with van der Waals surface area (Å²) in [7, 11) is 1.70. The number of benzene rings is 1. The third kappa shape index (κ3) is 7.00. The zero-order valence-electron chi connectivity index (χ0n) is 15.4. The van der Waals surface area contributed by atoms with Crippen LogP contribution in [0.3, 0.4) is 0 Å². The fraction of sp³-hybridized carbons (Fsp3) is 0.556. The topological polar surface area (TPSA) is 74.8 Å². The predicted octanol–water partition coefficient (Wildman–Crippen LogP) is 1.92. The molecule has 0 aliphatic carbocycles. The molecule has 134 valence electrons. The Morgan fingerprint density at radius 1 is 1.08 bits per heavy atom. The molecule has 0 saturated carbocycles. The van der Waals surface area contributed by atoms with Gasteiger partial charge in [0.05, 0.1) is 12.1 Å². The van der Waals surface area contributed by atoms with Gasteiger partial charge in [-0.05, 0) is 45.4 Å². The van der Waals surface area contributed by atoms with E-state index < -0.39 is 0 Å². The summed E-state index contributed by atoms with van der Waals surface area (Å²) in [5.41, 5.74) is 1.45. The second-order valence-electron chi connectivity index (χ2n) is 6.07. The number of nitrogens with zero attached hydrogens (tertiary/aromatic N) is 1. The zero-order chi connectivity index (χ0) is 18.0. The highest BCUT2D eigenvalue weighted by Gasteiger charge is 2.16. The molecule has 0 spiro atoms. The Morgan fingerprint density at radius 2 is 1.71 bits per heavy atom. The van der Waals surface area contributed by atoms with Gasteiger partial charge in [-0.15, -0.1) is 0 Å². The van der Waals surface area contributed by atoms with E-state index in [0.29, 0.717) is 25.2 Å². The molecule has 1 aromatic rings. The number of rotatable bonds is 8. The van der Waals surface area contributed by atoms with Crippen LogP contribution in [0, 0.1) is 0 Å². The average Bonchev–Trinajstić information content (AvgIpc) is 2.58. The Labute approximate surface area is 145 Å². The van der Waals surface area contributed by atoms with E-state index in [1.807, 2.05) is 52.0 Å². The largest absolute Gasteiger partial charge is 0.377 e. The molecular formula is C18H30N4O2. The Balaban J connectivity index is 2.67. The molecule has 1 amide bonds. The number of hydrogen-bond donors (Lipinski definition) is 3. The van der Waals surface area contributed by atoms with Crippen LogP contribution in [0.25, 0.3) is 0 Å². The number of methoxy groups -OCH3 is 1. The molecule has 6 nitrogen and oxygen atoms in total. The maximum absolute atomic E-state index is 11.7. The van der Waals surface area contributed by atoms with Gasteiger partial charge in [0.2, 0.25) is 0 Å². The number of aliphatic imine (C=N–C) groups is 1. The van der Waals surface area contributed by atoms with Crippen molar-refractivity contribution >= 4 is 11.9 Å². The smallest absolute Gasteiger partial charge is 0.251 e. The van der Waals surface area contributed by atoms with E-state index in [1.54, 1.807) is 7.11 Å². The molecule has 0 atom stereocenters. The van der Waals surface area contributed by atoms with E-state index in [-0.39, 0.29) is 11.5 Å². The molecule has 0 saturated heterocycles. The molecule has 0 heterocycles. The Hall–Kier alpha value is -2.08. The van der Waals surface area contributed by atoms with Gasteiger partial charge in [0.1, 0.15) is 0 Å². The summed E-state index contributed by atoms with van der Waals surface area (Å²) in [6, 6.07) is 7.50. The Morgan fingerprint density at radius 3 is 2.25 bits per heavy atom. The van der Waals surface area contributed by atoms with Crippen molar-refractivity contribution in [2.75, 3.05) is 26.7 Å². The van der Waals surface area contributed by atoms with Crippen LogP contribution in [-0.2, 0) is 11.3 Å². The molecule has 1 rings (SSSR count). The second-order valence-corrected chi connectivity index (χ2v) is 6.07. The summed E-state index contributed by atoms with van der Waals surface area (Å²) < 4.78 is 5.40. The van der Waals surface area contributed by atoms with Crippen LogP contribution >= 0.6 is 0 Å². The normalized spacial score (nSPS) is 12.0. The maximum atomic E-state index is 11.7. The van der Waals surface area contributed by atoms with Crippen molar-refractivity contribution in [1.29, 1.82) is 0 Å². The quantitative estimate of drug-likeness (QED) is 0.501. The van der Waals surface area contributed by atoms with Crippen molar-refractivity contribution in [3.63, 3.8) is 0 Å². The van der Waals surface area contributed by atoms with Crippen molar-refractivity contribution in [1.82, 2.24) is 16.0 Å². The SMILES string of the molecule is CCNC(=O)c1ccc(CN=C(NCC)NCC(C)(C)OC)cc1. The number of carbonyl (C=O) groups excluding carboxylic acids is 1. The molecule has 0 unspecified atom stereocenters. The van der Waals surface area contributed by atoms with Crippen LogP contribution in [0.4, 0.5) is 0 Å². The average molecular weight is 334 g/mol. The maximum Gasteiger partial charge on any atom is 0.251 e. The molecule has 0 aromatic heterocycles. The first-order valence-corrected chi connectivity index (χ1v) is 8.36. The van der Waals surface area contributed by atoms with Crippen LogP contribution < -0.4 is 16.0 Å². The fourth-order valence-corrected chi connectivity index (χ4v) is 1.90. The highest BCUT2D eigenvalue weighted by atomic mass is 16.5. The van der Waals surface area contributed by atoms with Gasteiger partial charge in [-0.25, -0.2) is 4.99 Å². The van der Waals surface area contributed by atoms with E-state index >= 15 is 0 Å². The predicted molar refractivity (Wildman–Crippen MR) is 98.4 cm³/mol. The van der Waals surface area contributed by atoms with E-state index in [2.05, 4.69) is 20.9 Å². The summed E-state index contributed by atoms with van der Waals surface area (Å²) in [6.07, 6.45) is 0. The number of nitrogens with one attached hydrogen (secondary N) is 3. The summed E-state index contributed by atoms with van der Waals surface area (Å²) in [5, 5.41) is 9.28. The van der Waals surface area contributed by atoms with Gasteiger partial charge in [0.15, 0.2) is 5.96 Å². The van der Waals surface area contributed by atoms with Crippen molar-refractivity contribution in [2.24, 2.45) is 4.99 Å². The lowest BCUT2D eigenvalue weighted by Gasteiger charge is -2.24. The first-order valence-electron chi connectivity index (χ1n) is 8.36. The first-order chi connectivity index (χ1) is 11.4. The first kappa shape index (κ1) is 20.0.